The van der Waals surface area contributed by atoms with Gasteiger partial charge in [-0.3, -0.25) is 4.79 Å². The second-order valence-corrected chi connectivity index (χ2v) is 2.94. The van der Waals surface area contributed by atoms with E-state index in [9.17, 15) is 4.79 Å². The number of hydrogen-bond acceptors (Lipinski definition) is 3. The first-order chi connectivity index (χ1) is 6.29. The third-order valence-corrected chi connectivity index (χ3v) is 2.10. The van der Waals surface area contributed by atoms with E-state index in [1.54, 1.807) is 4.90 Å². The summed E-state index contributed by atoms with van der Waals surface area (Å²) in [5.74, 6) is -0.0512. The molecule has 0 atom stereocenters. The molecule has 4 heteroatoms. The number of carbonyl (C=O) groups is 1. The van der Waals surface area contributed by atoms with Crippen LogP contribution < -0.4 is 0 Å². The van der Waals surface area contributed by atoms with Crippen LogP contribution in [0.3, 0.4) is 0 Å². The Bertz CT molecular complexity index is 162. The fraction of sp³-hybridized carbons (Fsp3) is 0.889. The van der Waals surface area contributed by atoms with Crippen LogP contribution in [-0.2, 0) is 14.3 Å². The molecule has 0 aromatic rings. The maximum Gasteiger partial charge on any atom is 0.279 e. The highest BCUT2D eigenvalue weighted by atomic mass is 16.7. The highest BCUT2D eigenvalue weighted by Gasteiger charge is 2.26. The van der Waals surface area contributed by atoms with Crippen molar-refractivity contribution in [1.29, 1.82) is 0 Å². The van der Waals surface area contributed by atoms with Gasteiger partial charge in [-0.25, -0.2) is 0 Å². The molecule has 0 N–H and O–H groups in total. The monoisotopic (exact) mass is 187 g/mol. The Labute approximate surface area is 78.8 Å². The maximum absolute atomic E-state index is 11.6. The number of rotatable bonds is 3. The highest BCUT2D eigenvalue weighted by Crippen LogP contribution is 2.07. The van der Waals surface area contributed by atoms with Crippen molar-refractivity contribution in [3.8, 4) is 0 Å². The molecule has 0 radical (unpaired) electrons. The van der Waals surface area contributed by atoms with E-state index in [-0.39, 0.29) is 5.91 Å². The van der Waals surface area contributed by atoms with E-state index in [2.05, 4.69) is 0 Å². The first-order valence-corrected chi connectivity index (χ1v) is 4.81. The molecule has 0 spiro atoms. The molecule has 1 amide bonds. The summed E-state index contributed by atoms with van der Waals surface area (Å²) in [6.07, 6.45) is 0.218. The van der Waals surface area contributed by atoms with Crippen molar-refractivity contribution in [2.45, 2.75) is 26.6 Å². The number of nitrogens with zero attached hydrogens (tertiary/aromatic N) is 1. The van der Waals surface area contributed by atoms with Crippen LogP contribution in [0, 0.1) is 0 Å². The summed E-state index contributed by atoms with van der Waals surface area (Å²) < 4.78 is 10.4. The van der Waals surface area contributed by atoms with Crippen molar-refractivity contribution in [3.05, 3.63) is 0 Å². The summed E-state index contributed by atoms with van der Waals surface area (Å²) in [7, 11) is 0. The van der Waals surface area contributed by atoms with Crippen molar-refractivity contribution in [2.75, 3.05) is 26.3 Å². The molecule has 0 unspecified atom stereocenters. The molecule has 1 saturated heterocycles. The lowest BCUT2D eigenvalue weighted by molar-refractivity contribution is -0.199. The summed E-state index contributed by atoms with van der Waals surface area (Å²) in [6.45, 7) is 6.56. The Morgan fingerprint density at radius 3 is 2.31 bits per heavy atom. The van der Waals surface area contributed by atoms with Crippen molar-refractivity contribution in [1.82, 2.24) is 4.90 Å². The molecule has 0 bridgehead atoms. The fourth-order valence-corrected chi connectivity index (χ4v) is 1.31. The summed E-state index contributed by atoms with van der Waals surface area (Å²) >= 11 is 0. The van der Waals surface area contributed by atoms with Crippen molar-refractivity contribution >= 4 is 5.91 Å². The molecule has 13 heavy (non-hydrogen) atoms. The van der Waals surface area contributed by atoms with Crippen LogP contribution in [0.2, 0.25) is 0 Å². The van der Waals surface area contributed by atoms with Crippen molar-refractivity contribution in [2.24, 2.45) is 0 Å². The van der Waals surface area contributed by atoms with Crippen molar-refractivity contribution < 1.29 is 14.3 Å². The number of carbonyl (C=O) groups excluding carboxylic acids is 1. The van der Waals surface area contributed by atoms with Gasteiger partial charge in [-0.2, -0.15) is 0 Å². The van der Waals surface area contributed by atoms with E-state index in [4.69, 9.17) is 9.47 Å². The lowest BCUT2D eigenvalue weighted by Crippen LogP contribution is -2.43. The molecular formula is C9H17NO3. The van der Waals surface area contributed by atoms with Crippen LogP contribution in [0.5, 0.6) is 0 Å². The molecule has 1 aliphatic rings. The van der Waals surface area contributed by atoms with Crippen LogP contribution in [0.25, 0.3) is 0 Å². The molecular weight excluding hydrogens is 170 g/mol. The van der Waals surface area contributed by atoms with Gasteiger partial charge in [-0.05, 0) is 20.3 Å². The molecule has 0 aromatic heterocycles. The molecule has 0 aromatic carbocycles. The molecule has 1 heterocycles. The average molecular weight is 187 g/mol. The molecule has 0 aliphatic carbocycles. The van der Waals surface area contributed by atoms with Crippen LogP contribution in [0.15, 0.2) is 0 Å². The zero-order valence-electron chi connectivity index (χ0n) is 8.28. The van der Waals surface area contributed by atoms with Gasteiger partial charge in [0.25, 0.3) is 5.91 Å². The zero-order valence-corrected chi connectivity index (χ0v) is 8.28. The van der Waals surface area contributed by atoms with E-state index in [1.165, 1.54) is 0 Å². The van der Waals surface area contributed by atoms with Gasteiger partial charge in [0.05, 0.1) is 13.2 Å². The molecule has 1 aliphatic heterocycles. The van der Waals surface area contributed by atoms with E-state index >= 15 is 0 Å². The Balaban J connectivity index is 2.44. The Morgan fingerprint density at radius 1 is 1.31 bits per heavy atom. The minimum atomic E-state index is -0.659. The van der Waals surface area contributed by atoms with Gasteiger partial charge in [0.1, 0.15) is 0 Å². The van der Waals surface area contributed by atoms with Gasteiger partial charge >= 0.3 is 0 Å². The normalized spacial score (nSPS) is 18.6. The van der Waals surface area contributed by atoms with E-state index in [1.807, 2.05) is 13.8 Å². The predicted molar refractivity (Wildman–Crippen MR) is 48.2 cm³/mol. The highest BCUT2D eigenvalue weighted by molar-refractivity contribution is 5.79. The molecule has 1 rings (SSSR count). The first-order valence-electron chi connectivity index (χ1n) is 4.81. The lowest BCUT2D eigenvalue weighted by Gasteiger charge is -2.27. The van der Waals surface area contributed by atoms with E-state index in [0.29, 0.717) is 26.3 Å². The van der Waals surface area contributed by atoms with Gasteiger partial charge < -0.3 is 14.4 Å². The number of likely N-dealkylation sites (N-methyl/N-ethyl adjacent to an activating group) is 1. The molecule has 1 fully saturated rings. The van der Waals surface area contributed by atoms with Gasteiger partial charge in [-0.1, -0.05) is 0 Å². The number of hydrogen-bond donors (Lipinski definition) is 0. The van der Waals surface area contributed by atoms with E-state index in [0.717, 1.165) is 6.42 Å². The fourth-order valence-electron chi connectivity index (χ4n) is 1.31. The SMILES string of the molecule is CCN(CC)C(=O)C1OCCCO1. The quantitative estimate of drug-likeness (QED) is 0.650. The topological polar surface area (TPSA) is 38.8 Å². The van der Waals surface area contributed by atoms with Crippen LogP contribution in [0.4, 0.5) is 0 Å². The second kappa shape index (κ2) is 5.19. The van der Waals surface area contributed by atoms with Gasteiger partial charge in [0.2, 0.25) is 6.29 Å². The largest absolute Gasteiger partial charge is 0.344 e. The van der Waals surface area contributed by atoms with Crippen molar-refractivity contribution in [3.63, 3.8) is 0 Å². The summed E-state index contributed by atoms with van der Waals surface area (Å²) in [6, 6.07) is 0. The number of amides is 1. The molecule has 76 valence electrons. The van der Waals surface area contributed by atoms with Gasteiger partial charge in [0.15, 0.2) is 0 Å². The molecule has 4 nitrogen and oxygen atoms in total. The summed E-state index contributed by atoms with van der Waals surface area (Å²) in [5, 5.41) is 0. The standard InChI is InChI=1S/C9H17NO3/c1-3-10(4-2)8(11)9-12-6-5-7-13-9/h9H,3-7H2,1-2H3. The van der Waals surface area contributed by atoms with Gasteiger partial charge in [-0.15, -0.1) is 0 Å². The summed E-state index contributed by atoms with van der Waals surface area (Å²) in [5.41, 5.74) is 0. The zero-order chi connectivity index (χ0) is 9.68. The molecule has 0 saturated carbocycles. The maximum atomic E-state index is 11.6. The first kappa shape index (κ1) is 10.5. The van der Waals surface area contributed by atoms with Crippen LogP contribution in [0.1, 0.15) is 20.3 Å². The van der Waals surface area contributed by atoms with Crippen LogP contribution >= 0.6 is 0 Å². The average Bonchev–Trinajstić information content (AvgIpc) is 2.21. The van der Waals surface area contributed by atoms with Crippen LogP contribution in [-0.4, -0.2) is 43.4 Å². The van der Waals surface area contributed by atoms with E-state index < -0.39 is 6.29 Å². The number of ether oxygens (including phenoxy) is 2. The summed E-state index contributed by atoms with van der Waals surface area (Å²) in [4.78, 5) is 13.4. The Kier molecular flexibility index (Phi) is 4.18. The Hall–Kier alpha value is -0.610. The Morgan fingerprint density at radius 2 is 1.85 bits per heavy atom. The smallest absolute Gasteiger partial charge is 0.279 e. The third kappa shape index (κ3) is 2.67. The lowest BCUT2D eigenvalue weighted by atomic mass is 10.4. The minimum absolute atomic E-state index is 0.0512. The second-order valence-electron chi connectivity index (χ2n) is 2.94. The minimum Gasteiger partial charge on any atom is -0.344 e. The predicted octanol–water partition coefficient (Wildman–Crippen LogP) is 0.618. The van der Waals surface area contributed by atoms with Gasteiger partial charge in [0, 0.05) is 13.1 Å². The third-order valence-electron chi connectivity index (χ3n) is 2.10.